The van der Waals surface area contributed by atoms with Crippen LogP contribution in [0.4, 0.5) is 5.69 Å². The van der Waals surface area contributed by atoms with Gasteiger partial charge in [0.1, 0.15) is 14.1 Å². The van der Waals surface area contributed by atoms with E-state index in [0.29, 0.717) is 31.7 Å². The monoisotopic (exact) mass is 472 g/mol. The van der Waals surface area contributed by atoms with Crippen LogP contribution >= 0.6 is 0 Å². The number of hydrogen-bond donors (Lipinski definition) is 2. The number of nitrogens with one attached hydrogen (secondary N) is 1. The maximum absolute atomic E-state index is 11.2. The number of piperidine rings is 1. The van der Waals surface area contributed by atoms with Gasteiger partial charge in [-0.05, 0) is 12.0 Å². The first kappa shape index (κ1) is 24.6. The molecule has 1 aromatic carbocycles. The molecule has 2 fully saturated rings. The number of hydrogen-bond acceptors (Lipinski definition) is 4. The van der Waals surface area contributed by atoms with E-state index in [1.165, 1.54) is 25.7 Å². The van der Waals surface area contributed by atoms with Crippen LogP contribution in [-0.2, 0) is 23.2 Å². The molecule has 2 aliphatic heterocycles. The standard InChI is InChI=1S/C9H16NO.C9H9NO.C2H6N2.Mo.O/c2*11-8-5-1-3-7-4-2-6-10-9(7)8;1-4(2)3;;/h7-9,11H,1-6H2;1-5,10-11H,6H2;1-2H3;;/q-1;;;;/p-1. The predicted molar refractivity (Wildman–Crippen MR) is 104 cm³/mol. The molecule has 2 heterocycles. The Hall–Kier alpha value is -1.43. The van der Waals surface area contributed by atoms with Crippen molar-refractivity contribution in [3.63, 3.8) is 0 Å². The summed E-state index contributed by atoms with van der Waals surface area (Å²) in [5, 5.41) is 28.3. The van der Waals surface area contributed by atoms with E-state index in [0.717, 1.165) is 35.5 Å². The van der Waals surface area contributed by atoms with Gasteiger partial charge in [0, 0.05) is 18.3 Å². The van der Waals surface area contributed by atoms with Crippen LogP contribution in [0.25, 0.3) is 16.9 Å². The Kier molecular flexibility index (Phi) is 12.0. The second-order valence-electron chi connectivity index (χ2n) is 7.15. The number of nitrogens with zero attached hydrogens (tertiary/aromatic N) is 3. The van der Waals surface area contributed by atoms with E-state index < -0.39 is 0 Å². The van der Waals surface area contributed by atoms with Gasteiger partial charge < -0.3 is 31.1 Å². The van der Waals surface area contributed by atoms with Gasteiger partial charge in [-0.3, -0.25) is 0 Å². The number of rotatable bonds is 0. The van der Waals surface area contributed by atoms with Crippen molar-refractivity contribution in [3.05, 3.63) is 40.7 Å². The van der Waals surface area contributed by atoms with E-state index in [-0.39, 0.29) is 11.9 Å². The summed E-state index contributed by atoms with van der Waals surface area (Å²) in [7, 11) is 3.11. The number of anilines is 1. The summed E-state index contributed by atoms with van der Waals surface area (Å²) in [5.41, 5.74) is 9.61. The van der Waals surface area contributed by atoms with E-state index in [1.54, 1.807) is 26.2 Å². The molecule has 7 nitrogen and oxygen atoms in total. The summed E-state index contributed by atoms with van der Waals surface area (Å²) < 4.78 is 9.26. The van der Waals surface area contributed by atoms with E-state index in [4.69, 9.17) is 8.93 Å². The van der Waals surface area contributed by atoms with Crippen molar-refractivity contribution in [2.45, 2.75) is 44.2 Å². The summed E-state index contributed by atoms with van der Waals surface area (Å²) in [5.74, 6) is 0.791. The van der Waals surface area contributed by atoms with Crippen LogP contribution in [0.5, 0.6) is 5.75 Å². The van der Waals surface area contributed by atoms with Gasteiger partial charge in [0.25, 0.3) is 0 Å². The first-order chi connectivity index (χ1) is 13.5. The minimum atomic E-state index is -0.117. The van der Waals surface area contributed by atoms with Crippen LogP contribution in [-0.4, -0.2) is 49.1 Å². The number of fused-ring (bicyclic) bond motifs is 2. The van der Waals surface area contributed by atoms with Gasteiger partial charge in [0.05, 0.1) is 0 Å². The molecule has 4 rings (SSSR count). The summed E-state index contributed by atoms with van der Waals surface area (Å²) in [6, 6.07) is 5.58. The Morgan fingerprint density at radius 2 is 1.93 bits per heavy atom. The Morgan fingerprint density at radius 1 is 1.25 bits per heavy atom. The van der Waals surface area contributed by atoms with Crippen LogP contribution in [0.15, 0.2) is 24.3 Å². The number of aliphatic hydroxyl groups excluding tert-OH is 1. The van der Waals surface area contributed by atoms with Crippen molar-refractivity contribution >= 4 is 11.8 Å². The second-order valence-corrected chi connectivity index (χ2v) is 7.15. The zero-order chi connectivity index (χ0) is 20.9. The van der Waals surface area contributed by atoms with Gasteiger partial charge in [-0.15, -0.1) is 12.6 Å². The van der Waals surface area contributed by atoms with Gasteiger partial charge in [0.15, 0.2) is 0 Å². The van der Waals surface area contributed by atoms with E-state index in [1.807, 2.05) is 18.2 Å². The normalized spacial score (nSPS) is 24.2. The summed E-state index contributed by atoms with van der Waals surface area (Å²) in [6.45, 7) is 1.74. The molecule has 0 spiro atoms. The molecular weight excluding hydrogens is 440 g/mol. The van der Waals surface area contributed by atoms with Crippen molar-refractivity contribution in [3.8, 4) is 5.75 Å². The van der Waals surface area contributed by atoms with Crippen LogP contribution in [0, 0.1) is 5.92 Å². The maximum atomic E-state index is 11.2. The van der Waals surface area contributed by atoms with E-state index in [9.17, 15) is 10.2 Å². The minimum absolute atomic E-state index is 0.0758. The van der Waals surface area contributed by atoms with Crippen LogP contribution in [0.2, 0.25) is 0 Å². The van der Waals surface area contributed by atoms with Gasteiger partial charge in [-0.1, -0.05) is 67.7 Å². The first-order valence-electron chi connectivity index (χ1n) is 9.57. The summed E-state index contributed by atoms with van der Waals surface area (Å²) >= 11 is 0.700. The Bertz CT molecular complexity index is 636. The van der Waals surface area contributed by atoms with Gasteiger partial charge >= 0.3 is 23.2 Å². The third kappa shape index (κ3) is 8.29. The Labute approximate surface area is 178 Å². The third-order valence-electron chi connectivity index (χ3n) is 4.78. The van der Waals surface area contributed by atoms with Gasteiger partial charge in [0.2, 0.25) is 0 Å². The molecule has 0 amide bonds. The summed E-state index contributed by atoms with van der Waals surface area (Å²) in [4.78, 5) is 0. The molecule has 156 valence electrons. The van der Waals surface area contributed by atoms with Crippen molar-refractivity contribution in [2.24, 2.45) is 5.92 Å². The topological polar surface area (TPSA) is 112 Å². The number of para-hydroxylation sites is 1. The molecule has 1 saturated carbocycles. The molecule has 1 aliphatic carbocycles. The number of aliphatic hydroxyl groups is 1. The molecule has 3 unspecified atom stereocenters. The molecule has 1 aromatic rings. The van der Waals surface area contributed by atoms with Crippen LogP contribution in [0.1, 0.15) is 37.7 Å². The molecule has 0 bridgehead atoms. The third-order valence-corrected chi connectivity index (χ3v) is 4.78. The fraction of sp³-hybridized carbons (Fsp3) is 0.600. The van der Waals surface area contributed by atoms with Crippen molar-refractivity contribution in [2.75, 3.05) is 32.5 Å². The molecule has 0 aromatic heterocycles. The first-order valence-corrected chi connectivity index (χ1v) is 10.4. The molecule has 3 aliphatic rings. The molecule has 3 atom stereocenters. The van der Waals surface area contributed by atoms with Crippen LogP contribution in [0.3, 0.4) is 0 Å². The number of benzene rings is 1. The predicted octanol–water partition coefficient (Wildman–Crippen LogP) is 3.04. The van der Waals surface area contributed by atoms with E-state index in [2.05, 4.69) is 10.6 Å². The molecule has 2 N–H and O–H groups in total. The van der Waals surface area contributed by atoms with Gasteiger partial charge in [-0.2, -0.15) is 0 Å². The zero-order valence-corrected chi connectivity index (χ0v) is 18.6. The Balaban J connectivity index is 0.000000221. The Morgan fingerprint density at radius 3 is 2.57 bits per heavy atom. The second kappa shape index (κ2) is 13.7. The zero-order valence-electron chi connectivity index (χ0n) is 16.6. The molecule has 1 saturated heterocycles. The SMILES string of the molecule is C[N+](C)=[N-].OC1CCCC2CCC[N-]C12.[O-]c1cccc2c1NCC=C2.[O]=[Mo]. The average molecular weight is 470 g/mol. The fourth-order valence-corrected chi connectivity index (χ4v) is 3.65. The summed E-state index contributed by atoms with van der Waals surface area (Å²) in [6.07, 6.45) is 9.87. The molecule has 28 heavy (non-hydrogen) atoms. The molecule has 0 radical (unpaired) electrons. The van der Waals surface area contributed by atoms with Gasteiger partial charge in [-0.25, -0.2) is 0 Å². The fourth-order valence-electron chi connectivity index (χ4n) is 3.65. The van der Waals surface area contributed by atoms with Crippen molar-refractivity contribution in [1.29, 1.82) is 0 Å². The molecule has 8 heteroatoms. The van der Waals surface area contributed by atoms with Crippen molar-refractivity contribution in [1.82, 2.24) is 0 Å². The van der Waals surface area contributed by atoms with Crippen LogP contribution < -0.4 is 10.4 Å². The van der Waals surface area contributed by atoms with E-state index >= 15 is 0 Å². The van der Waals surface area contributed by atoms with Crippen molar-refractivity contribution < 1.29 is 38.1 Å². The molecular formula is C20H30MoN4O3-2. The quantitative estimate of drug-likeness (QED) is 0.345. The average Bonchev–Trinajstić information content (AvgIpc) is 2.71.